The Kier molecular flexibility index (Phi) is 3.29. The summed E-state index contributed by atoms with van der Waals surface area (Å²) in [6.45, 7) is 1.74. The Labute approximate surface area is 109 Å². The summed E-state index contributed by atoms with van der Waals surface area (Å²) in [6.07, 6.45) is 3.02. The molecule has 2 aromatic rings. The van der Waals surface area contributed by atoms with Gasteiger partial charge in [0.15, 0.2) is 5.69 Å². The molecule has 2 heterocycles. The van der Waals surface area contributed by atoms with Gasteiger partial charge >= 0.3 is 5.97 Å². The molecular formula is C11H11ClN4O2. The van der Waals surface area contributed by atoms with Crippen LogP contribution in [0.25, 0.3) is 11.3 Å². The van der Waals surface area contributed by atoms with E-state index in [0.29, 0.717) is 27.8 Å². The molecule has 0 atom stereocenters. The zero-order valence-corrected chi connectivity index (χ0v) is 10.9. The van der Waals surface area contributed by atoms with E-state index in [4.69, 9.17) is 16.3 Å². The van der Waals surface area contributed by atoms with Crippen molar-refractivity contribution in [3.63, 3.8) is 0 Å². The van der Waals surface area contributed by atoms with Gasteiger partial charge in [0.05, 0.1) is 29.6 Å². The summed E-state index contributed by atoms with van der Waals surface area (Å²) in [5, 5.41) is 4.39. The smallest absolute Gasteiger partial charge is 0.357 e. The second-order valence-electron chi connectivity index (χ2n) is 3.64. The van der Waals surface area contributed by atoms with Crippen LogP contribution in [0.1, 0.15) is 16.3 Å². The van der Waals surface area contributed by atoms with Gasteiger partial charge in [-0.05, 0) is 6.92 Å². The van der Waals surface area contributed by atoms with E-state index in [1.807, 2.05) is 0 Å². The van der Waals surface area contributed by atoms with Crippen LogP contribution >= 0.6 is 11.6 Å². The lowest BCUT2D eigenvalue weighted by Gasteiger charge is -2.05. The van der Waals surface area contributed by atoms with Crippen molar-refractivity contribution in [1.29, 1.82) is 0 Å². The molecule has 94 valence electrons. The first kappa shape index (κ1) is 12.5. The minimum atomic E-state index is -0.489. The van der Waals surface area contributed by atoms with E-state index in [9.17, 15) is 4.79 Å². The van der Waals surface area contributed by atoms with Crippen molar-refractivity contribution in [3.05, 3.63) is 28.9 Å². The summed E-state index contributed by atoms with van der Waals surface area (Å²) >= 11 is 6.05. The standard InChI is InChI=1S/C11H11ClN4O2/c1-6-13-5-8(12)9(15-6)7-4-14-16(2)10(7)11(17)18-3/h4-5H,1-3H3. The summed E-state index contributed by atoms with van der Waals surface area (Å²) in [6, 6.07) is 0. The predicted molar refractivity (Wildman–Crippen MR) is 65.3 cm³/mol. The van der Waals surface area contributed by atoms with Gasteiger partial charge in [0, 0.05) is 13.2 Å². The first-order chi connectivity index (χ1) is 8.54. The largest absolute Gasteiger partial charge is 0.464 e. The number of esters is 1. The number of carbonyl (C=O) groups excluding carboxylic acids is 1. The molecule has 2 aromatic heterocycles. The van der Waals surface area contributed by atoms with Crippen LogP contribution in [0.15, 0.2) is 12.4 Å². The number of nitrogens with zero attached hydrogens (tertiary/aromatic N) is 4. The summed E-state index contributed by atoms with van der Waals surface area (Å²) in [7, 11) is 2.96. The average molecular weight is 267 g/mol. The molecule has 0 N–H and O–H groups in total. The molecule has 0 aliphatic rings. The van der Waals surface area contributed by atoms with Crippen LogP contribution in [-0.4, -0.2) is 32.8 Å². The number of halogens is 1. The van der Waals surface area contributed by atoms with Crippen molar-refractivity contribution in [1.82, 2.24) is 19.7 Å². The molecule has 0 bridgehead atoms. The van der Waals surface area contributed by atoms with Crippen LogP contribution in [-0.2, 0) is 11.8 Å². The highest BCUT2D eigenvalue weighted by atomic mass is 35.5. The van der Waals surface area contributed by atoms with Gasteiger partial charge in [0.25, 0.3) is 0 Å². The maximum Gasteiger partial charge on any atom is 0.357 e. The Hall–Kier alpha value is -1.95. The molecule has 0 saturated heterocycles. The third-order valence-electron chi connectivity index (χ3n) is 2.44. The van der Waals surface area contributed by atoms with E-state index in [-0.39, 0.29) is 0 Å². The van der Waals surface area contributed by atoms with E-state index in [2.05, 4.69) is 15.1 Å². The maximum atomic E-state index is 11.7. The Morgan fingerprint density at radius 3 is 2.83 bits per heavy atom. The van der Waals surface area contributed by atoms with E-state index in [0.717, 1.165) is 0 Å². The maximum absolute atomic E-state index is 11.7. The Balaban J connectivity index is 2.64. The lowest BCUT2D eigenvalue weighted by Crippen LogP contribution is -2.10. The molecule has 0 spiro atoms. The minimum Gasteiger partial charge on any atom is -0.464 e. The van der Waals surface area contributed by atoms with Crippen LogP contribution in [0.3, 0.4) is 0 Å². The minimum absolute atomic E-state index is 0.303. The molecule has 6 nitrogen and oxygen atoms in total. The molecule has 0 aliphatic carbocycles. The van der Waals surface area contributed by atoms with E-state index < -0.39 is 5.97 Å². The number of hydrogen-bond acceptors (Lipinski definition) is 5. The monoisotopic (exact) mass is 266 g/mol. The third-order valence-corrected chi connectivity index (χ3v) is 2.71. The number of aromatic nitrogens is 4. The highest BCUT2D eigenvalue weighted by Gasteiger charge is 2.21. The number of rotatable bonds is 2. The van der Waals surface area contributed by atoms with E-state index in [1.54, 1.807) is 14.0 Å². The number of carbonyl (C=O) groups is 1. The summed E-state index contributed by atoms with van der Waals surface area (Å²) in [5.74, 6) is 0.0754. The van der Waals surface area contributed by atoms with Gasteiger partial charge in [-0.2, -0.15) is 5.10 Å². The zero-order valence-electron chi connectivity index (χ0n) is 10.1. The Morgan fingerprint density at radius 1 is 1.44 bits per heavy atom. The lowest BCUT2D eigenvalue weighted by atomic mass is 10.1. The van der Waals surface area contributed by atoms with Gasteiger partial charge < -0.3 is 4.74 Å². The SMILES string of the molecule is COC(=O)c1c(-c2nc(C)ncc2Cl)cnn1C. The van der Waals surface area contributed by atoms with Gasteiger partial charge in [0.2, 0.25) is 0 Å². The summed E-state index contributed by atoms with van der Waals surface area (Å²) in [4.78, 5) is 19.9. The summed E-state index contributed by atoms with van der Waals surface area (Å²) < 4.78 is 6.15. The number of aryl methyl sites for hydroxylation is 2. The molecule has 0 saturated carbocycles. The molecule has 0 fully saturated rings. The van der Waals surface area contributed by atoms with Gasteiger partial charge in [0.1, 0.15) is 5.82 Å². The van der Waals surface area contributed by atoms with Crippen molar-refractivity contribution in [2.24, 2.45) is 7.05 Å². The van der Waals surface area contributed by atoms with Crippen molar-refractivity contribution < 1.29 is 9.53 Å². The summed E-state index contributed by atoms with van der Waals surface area (Å²) in [5.41, 5.74) is 1.30. The Bertz CT molecular complexity index is 609. The predicted octanol–water partition coefficient (Wildman–Crippen LogP) is 1.63. The van der Waals surface area contributed by atoms with Crippen molar-refractivity contribution >= 4 is 17.6 Å². The number of ether oxygens (including phenoxy) is 1. The second kappa shape index (κ2) is 4.73. The van der Waals surface area contributed by atoms with Crippen molar-refractivity contribution in [2.75, 3.05) is 7.11 Å². The first-order valence-corrected chi connectivity index (χ1v) is 5.52. The van der Waals surface area contributed by atoms with Gasteiger partial charge in [-0.15, -0.1) is 0 Å². The van der Waals surface area contributed by atoms with E-state index in [1.165, 1.54) is 24.2 Å². The number of methoxy groups -OCH3 is 1. The molecular weight excluding hydrogens is 256 g/mol. The topological polar surface area (TPSA) is 69.9 Å². The molecule has 0 unspecified atom stereocenters. The lowest BCUT2D eigenvalue weighted by molar-refractivity contribution is 0.0589. The molecule has 0 radical (unpaired) electrons. The zero-order chi connectivity index (χ0) is 13.3. The molecule has 7 heteroatoms. The van der Waals surface area contributed by atoms with Crippen molar-refractivity contribution in [2.45, 2.75) is 6.92 Å². The molecule has 2 rings (SSSR count). The highest BCUT2D eigenvalue weighted by Crippen LogP contribution is 2.28. The van der Waals surface area contributed by atoms with Crippen LogP contribution in [0.5, 0.6) is 0 Å². The second-order valence-corrected chi connectivity index (χ2v) is 4.04. The third kappa shape index (κ3) is 2.06. The van der Waals surface area contributed by atoms with Crippen molar-refractivity contribution in [3.8, 4) is 11.3 Å². The fraction of sp³-hybridized carbons (Fsp3) is 0.273. The van der Waals surface area contributed by atoms with E-state index >= 15 is 0 Å². The van der Waals surface area contributed by atoms with Gasteiger partial charge in [-0.3, -0.25) is 4.68 Å². The molecule has 18 heavy (non-hydrogen) atoms. The van der Waals surface area contributed by atoms with Crippen LogP contribution in [0, 0.1) is 6.92 Å². The normalized spacial score (nSPS) is 10.4. The molecule has 0 aromatic carbocycles. The fourth-order valence-corrected chi connectivity index (χ4v) is 1.79. The fourth-order valence-electron chi connectivity index (χ4n) is 1.59. The molecule has 0 amide bonds. The molecule has 0 aliphatic heterocycles. The van der Waals surface area contributed by atoms with Crippen LogP contribution in [0.4, 0.5) is 0 Å². The highest BCUT2D eigenvalue weighted by molar-refractivity contribution is 6.33. The van der Waals surface area contributed by atoms with Gasteiger partial charge in [-0.1, -0.05) is 11.6 Å². The van der Waals surface area contributed by atoms with Gasteiger partial charge in [-0.25, -0.2) is 14.8 Å². The quantitative estimate of drug-likeness (QED) is 0.773. The Morgan fingerprint density at radius 2 is 2.17 bits per heavy atom. The average Bonchev–Trinajstić information content (AvgIpc) is 2.73. The first-order valence-electron chi connectivity index (χ1n) is 5.14. The number of hydrogen-bond donors (Lipinski definition) is 0. The van der Waals surface area contributed by atoms with Crippen LogP contribution in [0.2, 0.25) is 5.02 Å². The van der Waals surface area contributed by atoms with Crippen LogP contribution < -0.4 is 0 Å².